The van der Waals surface area contributed by atoms with Gasteiger partial charge in [0.1, 0.15) is 0 Å². The zero-order valence-corrected chi connectivity index (χ0v) is 10.1. The standard InChI is InChI=1S/C13H20N2O/c1-11-13(2,6-9-16-11)15-8-5-12-4-3-7-14-10-12/h3-4,7,10-11,15H,5-6,8-9H2,1-2H3. The van der Waals surface area contributed by atoms with Crippen LogP contribution in [0.4, 0.5) is 0 Å². The van der Waals surface area contributed by atoms with Gasteiger partial charge >= 0.3 is 0 Å². The van der Waals surface area contributed by atoms with Crippen molar-refractivity contribution in [3.05, 3.63) is 30.1 Å². The number of hydrogen-bond acceptors (Lipinski definition) is 3. The first-order valence-corrected chi connectivity index (χ1v) is 5.96. The lowest BCUT2D eigenvalue weighted by atomic mass is 9.94. The lowest BCUT2D eigenvalue weighted by Gasteiger charge is -2.29. The highest BCUT2D eigenvalue weighted by atomic mass is 16.5. The van der Waals surface area contributed by atoms with Crippen LogP contribution in [0.2, 0.25) is 0 Å². The molecule has 0 aromatic carbocycles. The summed E-state index contributed by atoms with van der Waals surface area (Å²) >= 11 is 0. The van der Waals surface area contributed by atoms with E-state index in [0.29, 0.717) is 6.10 Å². The first kappa shape index (κ1) is 11.6. The smallest absolute Gasteiger partial charge is 0.0726 e. The third kappa shape index (κ3) is 2.60. The van der Waals surface area contributed by atoms with Gasteiger partial charge in [0.2, 0.25) is 0 Å². The predicted octanol–water partition coefficient (Wildman–Crippen LogP) is 1.78. The number of hydrogen-bond donors (Lipinski definition) is 1. The van der Waals surface area contributed by atoms with Crippen LogP contribution in [0.1, 0.15) is 25.8 Å². The quantitative estimate of drug-likeness (QED) is 0.840. The van der Waals surface area contributed by atoms with Crippen LogP contribution in [0.5, 0.6) is 0 Å². The van der Waals surface area contributed by atoms with E-state index in [1.807, 2.05) is 18.5 Å². The molecule has 3 heteroatoms. The molecule has 1 N–H and O–H groups in total. The predicted molar refractivity (Wildman–Crippen MR) is 64.4 cm³/mol. The molecule has 0 amide bonds. The van der Waals surface area contributed by atoms with E-state index >= 15 is 0 Å². The minimum Gasteiger partial charge on any atom is -0.377 e. The van der Waals surface area contributed by atoms with Gasteiger partial charge in [-0.25, -0.2) is 0 Å². The highest BCUT2D eigenvalue weighted by Crippen LogP contribution is 2.24. The number of rotatable bonds is 4. The van der Waals surface area contributed by atoms with Gasteiger partial charge in [0.25, 0.3) is 0 Å². The van der Waals surface area contributed by atoms with Crippen LogP contribution < -0.4 is 5.32 Å². The van der Waals surface area contributed by atoms with Crippen molar-refractivity contribution in [1.82, 2.24) is 10.3 Å². The fourth-order valence-corrected chi connectivity index (χ4v) is 2.11. The fourth-order valence-electron chi connectivity index (χ4n) is 2.11. The zero-order valence-electron chi connectivity index (χ0n) is 10.1. The Balaban J connectivity index is 1.80. The average molecular weight is 220 g/mol. The maximum atomic E-state index is 5.60. The van der Waals surface area contributed by atoms with Gasteiger partial charge in [0.15, 0.2) is 0 Å². The van der Waals surface area contributed by atoms with Crippen molar-refractivity contribution < 1.29 is 4.74 Å². The van der Waals surface area contributed by atoms with Crippen molar-refractivity contribution in [1.29, 1.82) is 0 Å². The molecule has 16 heavy (non-hydrogen) atoms. The molecule has 0 radical (unpaired) electrons. The van der Waals surface area contributed by atoms with Gasteiger partial charge in [0, 0.05) is 24.5 Å². The molecule has 2 unspecified atom stereocenters. The van der Waals surface area contributed by atoms with E-state index in [1.165, 1.54) is 5.56 Å². The summed E-state index contributed by atoms with van der Waals surface area (Å²) < 4.78 is 5.60. The molecule has 1 aliphatic heterocycles. The summed E-state index contributed by atoms with van der Waals surface area (Å²) in [7, 11) is 0. The Bertz CT molecular complexity index is 328. The molecule has 3 nitrogen and oxygen atoms in total. The van der Waals surface area contributed by atoms with Gasteiger partial charge in [-0.1, -0.05) is 6.07 Å². The Morgan fingerprint density at radius 1 is 1.62 bits per heavy atom. The third-order valence-electron chi connectivity index (χ3n) is 3.55. The van der Waals surface area contributed by atoms with E-state index < -0.39 is 0 Å². The van der Waals surface area contributed by atoms with E-state index in [1.54, 1.807) is 0 Å². The molecule has 1 aromatic rings. The highest BCUT2D eigenvalue weighted by Gasteiger charge is 2.35. The van der Waals surface area contributed by atoms with E-state index in [-0.39, 0.29) is 5.54 Å². The second-order valence-corrected chi connectivity index (χ2v) is 4.72. The summed E-state index contributed by atoms with van der Waals surface area (Å²) in [6, 6.07) is 4.10. The molecule has 0 aliphatic carbocycles. The van der Waals surface area contributed by atoms with Crippen LogP contribution in [0.3, 0.4) is 0 Å². The second kappa shape index (κ2) is 4.93. The van der Waals surface area contributed by atoms with Gasteiger partial charge in [-0.3, -0.25) is 4.98 Å². The Kier molecular flexibility index (Phi) is 3.56. The molecule has 0 saturated carbocycles. The SMILES string of the molecule is CC1OCCC1(C)NCCc1cccnc1. The number of ether oxygens (including phenoxy) is 1. The van der Waals surface area contributed by atoms with E-state index in [2.05, 4.69) is 30.2 Å². The molecular weight excluding hydrogens is 200 g/mol. The maximum Gasteiger partial charge on any atom is 0.0726 e. The van der Waals surface area contributed by atoms with Crippen LogP contribution in [-0.4, -0.2) is 29.8 Å². The molecule has 1 saturated heterocycles. The molecule has 1 aromatic heterocycles. The number of pyridine rings is 1. The van der Waals surface area contributed by atoms with Crippen molar-refractivity contribution in [2.24, 2.45) is 0 Å². The molecule has 1 aliphatic rings. The highest BCUT2D eigenvalue weighted by molar-refractivity contribution is 5.09. The Morgan fingerprint density at radius 2 is 2.50 bits per heavy atom. The summed E-state index contributed by atoms with van der Waals surface area (Å²) in [5.74, 6) is 0. The zero-order chi connectivity index (χ0) is 11.4. The molecule has 2 rings (SSSR count). The fraction of sp³-hybridized carbons (Fsp3) is 0.615. The van der Waals surface area contributed by atoms with Crippen molar-refractivity contribution in [2.45, 2.75) is 38.3 Å². The normalized spacial score (nSPS) is 29.5. The number of nitrogens with zero attached hydrogens (tertiary/aromatic N) is 1. The molecule has 1 fully saturated rings. The van der Waals surface area contributed by atoms with Gasteiger partial charge in [-0.15, -0.1) is 0 Å². The summed E-state index contributed by atoms with van der Waals surface area (Å²) in [6.45, 7) is 6.24. The monoisotopic (exact) mass is 220 g/mol. The van der Waals surface area contributed by atoms with E-state index in [9.17, 15) is 0 Å². The van der Waals surface area contributed by atoms with E-state index in [4.69, 9.17) is 4.74 Å². The minimum absolute atomic E-state index is 0.141. The van der Waals surface area contributed by atoms with Crippen LogP contribution in [0.25, 0.3) is 0 Å². The van der Waals surface area contributed by atoms with Crippen molar-refractivity contribution in [3.8, 4) is 0 Å². The number of nitrogens with one attached hydrogen (secondary N) is 1. The Labute approximate surface area is 97.2 Å². The van der Waals surface area contributed by atoms with Crippen LogP contribution in [0.15, 0.2) is 24.5 Å². The lowest BCUT2D eigenvalue weighted by Crippen LogP contribution is -2.48. The van der Waals surface area contributed by atoms with Gasteiger partial charge in [-0.2, -0.15) is 0 Å². The average Bonchev–Trinajstić information content (AvgIpc) is 2.61. The molecule has 2 heterocycles. The summed E-state index contributed by atoms with van der Waals surface area (Å²) in [6.07, 6.45) is 6.17. The summed E-state index contributed by atoms with van der Waals surface area (Å²) in [4.78, 5) is 4.11. The summed E-state index contributed by atoms with van der Waals surface area (Å²) in [5, 5.41) is 3.60. The van der Waals surface area contributed by atoms with Gasteiger partial charge in [-0.05, 0) is 44.9 Å². The molecule has 88 valence electrons. The maximum absolute atomic E-state index is 5.60. The Hall–Kier alpha value is -0.930. The second-order valence-electron chi connectivity index (χ2n) is 4.72. The van der Waals surface area contributed by atoms with Gasteiger partial charge < -0.3 is 10.1 Å². The lowest BCUT2D eigenvalue weighted by molar-refractivity contribution is 0.0890. The number of aromatic nitrogens is 1. The van der Waals surface area contributed by atoms with Crippen LogP contribution in [0, 0.1) is 0 Å². The summed E-state index contributed by atoms with van der Waals surface area (Å²) in [5.41, 5.74) is 1.42. The van der Waals surface area contributed by atoms with Crippen molar-refractivity contribution >= 4 is 0 Å². The van der Waals surface area contributed by atoms with Gasteiger partial charge in [0.05, 0.1) is 6.10 Å². The van der Waals surface area contributed by atoms with Crippen molar-refractivity contribution in [2.75, 3.05) is 13.2 Å². The minimum atomic E-state index is 0.141. The molecule has 0 bridgehead atoms. The first-order valence-electron chi connectivity index (χ1n) is 5.96. The van der Waals surface area contributed by atoms with Crippen LogP contribution in [-0.2, 0) is 11.2 Å². The first-order chi connectivity index (χ1) is 7.71. The Morgan fingerprint density at radius 3 is 3.12 bits per heavy atom. The van der Waals surface area contributed by atoms with Crippen molar-refractivity contribution in [3.63, 3.8) is 0 Å². The molecule has 2 atom stereocenters. The van der Waals surface area contributed by atoms with E-state index in [0.717, 1.165) is 26.0 Å². The van der Waals surface area contributed by atoms with Crippen LogP contribution >= 0.6 is 0 Å². The molecule has 0 spiro atoms. The topological polar surface area (TPSA) is 34.1 Å². The third-order valence-corrected chi connectivity index (χ3v) is 3.55. The molecular formula is C13H20N2O. The largest absolute Gasteiger partial charge is 0.377 e.